The minimum Gasteiger partial charge on any atom is -0.508 e. The monoisotopic (exact) mass is 589 g/mol. The Bertz CT molecular complexity index is 1520. The van der Waals surface area contributed by atoms with Crippen LogP contribution in [0, 0.1) is 0 Å². The number of carbonyl (C=O) groups is 2. The molecule has 0 radical (unpaired) electrons. The summed E-state index contributed by atoms with van der Waals surface area (Å²) in [5, 5.41) is 12.7. The van der Waals surface area contributed by atoms with Crippen LogP contribution in [0.25, 0.3) is 0 Å². The fourth-order valence-corrected chi connectivity index (χ4v) is 6.22. The van der Waals surface area contributed by atoms with E-state index in [1.807, 2.05) is 24.3 Å². The van der Waals surface area contributed by atoms with E-state index < -0.39 is 0 Å². The summed E-state index contributed by atoms with van der Waals surface area (Å²) in [6.45, 7) is 5.40. The molecule has 1 aliphatic rings. The Morgan fingerprint density at radius 2 is 1.36 bits per heavy atom. The largest absolute Gasteiger partial charge is 0.508 e. The highest BCUT2D eigenvalue weighted by molar-refractivity contribution is 5.77. The van der Waals surface area contributed by atoms with Crippen LogP contribution >= 0.6 is 0 Å². The summed E-state index contributed by atoms with van der Waals surface area (Å²) < 4.78 is 0. The van der Waals surface area contributed by atoms with E-state index in [0.717, 1.165) is 44.5 Å². The lowest BCUT2D eigenvalue weighted by molar-refractivity contribution is -0.136. The molecular formula is C38H43N3O3. The molecule has 0 spiro atoms. The van der Waals surface area contributed by atoms with Crippen LogP contribution in [0.1, 0.15) is 46.7 Å². The number of piperazine rings is 1. The number of phenols is 1. The fourth-order valence-electron chi connectivity index (χ4n) is 6.22. The zero-order chi connectivity index (χ0) is 30.7. The third kappa shape index (κ3) is 8.80. The number of rotatable bonds is 12. The molecule has 1 aliphatic heterocycles. The minimum atomic E-state index is -0.0135. The van der Waals surface area contributed by atoms with Crippen molar-refractivity contribution in [3.63, 3.8) is 0 Å². The van der Waals surface area contributed by atoms with Gasteiger partial charge in [0.15, 0.2) is 0 Å². The highest BCUT2D eigenvalue weighted by Crippen LogP contribution is 2.23. The van der Waals surface area contributed by atoms with Gasteiger partial charge in [-0.3, -0.25) is 14.5 Å². The standard InChI is InChI=1S/C38H43N3O3/c1-29(42)39-22-21-33-12-6-8-14-35(33)26-34-13-7-5-11-32(34)17-20-38(44)41-24-23-40(27-31-9-3-2-4-10-31)28-36(41)25-30-15-18-37(43)19-16-30/h2-16,18-19,36,43H,17,20-28H2,1H3,(H,39,42)/t36-/m1/s1. The van der Waals surface area contributed by atoms with Crippen LogP contribution in [0.5, 0.6) is 5.75 Å². The molecule has 1 heterocycles. The van der Waals surface area contributed by atoms with Crippen molar-refractivity contribution in [3.05, 3.63) is 137 Å². The summed E-state index contributed by atoms with van der Waals surface area (Å²) in [6, 6.07) is 34.8. The van der Waals surface area contributed by atoms with Gasteiger partial charge in [-0.25, -0.2) is 0 Å². The van der Waals surface area contributed by atoms with Crippen molar-refractivity contribution in [2.75, 3.05) is 26.2 Å². The van der Waals surface area contributed by atoms with Crippen LogP contribution in [-0.4, -0.2) is 58.9 Å². The highest BCUT2D eigenvalue weighted by Gasteiger charge is 2.30. The van der Waals surface area contributed by atoms with Crippen LogP contribution in [0.15, 0.2) is 103 Å². The Kier molecular flexibility index (Phi) is 10.8. The van der Waals surface area contributed by atoms with Gasteiger partial charge in [0.1, 0.15) is 5.75 Å². The molecular weight excluding hydrogens is 546 g/mol. The van der Waals surface area contributed by atoms with Crippen molar-refractivity contribution < 1.29 is 14.7 Å². The van der Waals surface area contributed by atoms with Crippen LogP contribution in [-0.2, 0) is 41.8 Å². The average molecular weight is 590 g/mol. The quantitative estimate of drug-likeness (QED) is 0.227. The molecule has 0 unspecified atom stereocenters. The maximum Gasteiger partial charge on any atom is 0.223 e. The zero-order valence-corrected chi connectivity index (χ0v) is 25.6. The number of phenolic OH excluding ortho intramolecular Hbond substituents is 1. The molecule has 6 heteroatoms. The molecule has 0 aromatic heterocycles. The Balaban J connectivity index is 1.26. The van der Waals surface area contributed by atoms with Gasteiger partial charge in [-0.2, -0.15) is 0 Å². The van der Waals surface area contributed by atoms with Gasteiger partial charge in [0.25, 0.3) is 0 Å². The SMILES string of the molecule is CC(=O)NCCc1ccccc1Cc1ccccc1CCC(=O)N1CCN(Cc2ccccc2)C[C@H]1Cc1ccc(O)cc1. The number of carbonyl (C=O) groups excluding carboxylic acids is 2. The van der Waals surface area contributed by atoms with Gasteiger partial charge >= 0.3 is 0 Å². The molecule has 0 saturated carbocycles. The maximum atomic E-state index is 13.8. The van der Waals surface area contributed by atoms with E-state index in [4.69, 9.17) is 0 Å². The Morgan fingerprint density at radius 3 is 2.02 bits per heavy atom. The Labute approximate surface area is 261 Å². The van der Waals surface area contributed by atoms with Crippen LogP contribution in [0.2, 0.25) is 0 Å². The third-order valence-corrected chi connectivity index (χ3v) is 8.54. The van der Waals surface area contributed by atoms with E-state index in [2.05, 4.69) is 81.8 Å². The number of aromatic hydroxyl groups is 1. The Hall–Kier alpha value is -4.42. The first-order valence-corrected chi connectivity index (χ1v) is 15.7. The molecule has 4 aromatic rings. The van der Waals surface area contributed by atoms with E-state index in [1.54, 1.807) is 19.1 Å². The van der Waals surface area contributed by atoms with Gasteiger partial charge in [0.05, 0.1) is 0 Å². The van der Waals surface area contributed by atoms with Gasteiger partial charge < -0.3 is 15.3 Å². The normalized spacial score (nSPS) is 15.2. The first-order valence-electron chi connectivity index (χ1n) is 15.7. The summed E-state index contributed by atoms with van der Waals surface area (Å²) in [5.41, 5.74) is 7.33. The van der Waals surface area contributed by atoms with Gasteiger partial charge in [-0.05, 0) is 71.2 Å². The second-order valence-corrected chi connectivity index (χ2v) is 11.8. The van der Waals surface area contributed by atoms with Crippen molar-refractivity contribution in [1.29, 1.82) is 0 Å². The second-order valence-electron chi connectivity index (χ2n) is 11.8. The lowest BCUT2D eigenvalue weighted by Gasteiger charge is -2.42. The van der Waals surface area contributed by atoms with Crippen molar-refractivity contribution in [2.24, 2.45) is 0 Å². The van der Waals surface area contributed by atoms with Crippen molar-refractivity contribution in [2.45, 2.75) is 51.6 Å². The Morgan fingerprint density at radius 1 is 0.750 bits per heavy atom. The van der Waals surface area contributed by atoms with Crippen LogP contribution in [0.4, 0.5) is 0 Å². The molecule has 0 bridgehead atoms. The number of nitrogens with zero attached hydrogens (tertiary/aromatic N) is 2. The molecule has 4 aromatic carbocycles. The first-order chi connectivity index (χ1) is 21.4. The van der Waals surface area contributed by atoms with Crippen molar-refractivity contribution in [1.82, 2.24) is 15.1 Å². The smallest absolute Gasteiger partial charge is 0.223 e. The average Bonchev–Trinajstić information content (AvgIpc) is 3.03. The van der Waals surface area contributed by atoms with E-state index in [0.29, 0.717) is 25.9 Å². The van der Waals surface area contributed by atoms with Crippen LogP contribution in [0.3, 0.4) is 0 Å². The molecule has 2 amide bonds. The number of hydrogen-bond acceptors (Lipinski definition) is 4. The third-order valence-electron chi connectivity index (χ3n) is 8.54. The lowest BCUT2D eigenvalue weighted by Crippen LogP contribution is -2.55. The molecule has 1 atom stereocenters. The van der Waals surface area contributed by atoms with Crippen molar-refractivity contribution in [3.8, 4) is 5.75 Å². The number of hydrogen-bond donors (Lipinski definition) is 2. The van der Waals surface area contributed by atoms with Gasteiger partial charge in [-0.1, -0.05) is 91.0 Å². The molecule has 1 saturated heterocycles. The summed E-state index contributed by atoms with van der Waals surface area (Å²) in [5.74, 6) is 0.434. The summed E-state index contributed by atoms with van der Waals surface area (Å²) >= 11 is 0. The van der Waals surface area contributed by atoms with Gasteiger partial charge in [0.2, 0.25) is 11.8 Å². The fraction of sp³-hybridized carbons (Fsp3) is 0.316. The molecule has 1 fully saturated rings. The number of amides is 2. The number of nitrogens with one attached hydrogen (secondary N) is 1. The lowest BCUT2D eigenvalue weighted by atomic mass is 9.93. The van der Waals surface area contributed by atoms with E-state index in [9.17, 15) is 14.7 Å². The molecule has 5 rings (SSSR count). The summed E-state index contributed by atoms with van der Waals surface area (Å²) in [6.07, 6.45) is 3.49. The predicted molar refractivity (Wildman–Crippen MR) is 175 cm³/mol. The van der Waals surface area contributed by atoms with E-state index in [-0.39, 0.29) is 23.6 Å². The van der Waals surface area contributed by atoms with E-state index in [1.165, 1.54) is 27.8 Å². The maximum absolute atomic E-state index is 13.8. The first kappa shape index (κ1) is 31.0. The van der Waals surface area contributed by atoms with Crippen LogP contribution < -0.4 is 5.32 Å². The minimum absolute atomic E-state index is 0.0135. The molecule has 228 valence electrons. The second kappa shape index (κ2) is 15.3. The summed E-state index contributed by atoms with van der Waals surface area (Å²) in [4.78, 5) is 29.7. The van der Waals surface area contributed by atoms with Gasteiger partial charge in [0, 0.05) is 52.1 Å². The zero-order valence-electron chi connectivity index (χ0n) is 25.6. The topological polar surface area (TPSA) is 72.9 Å². The molecule has 0 aliphatic carbocycles. The molecule has 44 heavy (non-hydrogen) atoms. The van der Waals surface area contributed by atoms with Crippen molar-refractivity contribution >= 4 is 11.8 Å². The predicted octanol–water partition coefficient (Wildman–Crippen LogP) is 5.55. The molecule has 6 nitrogen and oxygen atoms in total. The van der Waals surface area contributed by atoms with Gasteiger partial charge in [-0.15, -0.1) is 0 Å². The van der Waals surface area contributed by atoms with E-state index >= 15 is 0 Å². The summed E-state index contributed by atoms with van der Waals surface area (Å²) in [7, 11) is 0. The highest BCUT2D eigenvalue weighted by atomic mass is 16.3. The molecule has 2 N–H and O–H groups in total. The number of benzene rings is 4. The number of aryl methyl sites for hydroxylation is 1.